The molecule has 0 aromatic carbocycles. The minimum atomic E-state index is -0.348. The second-order valence-corrected chi connectivity index (χ2v) is 8.08. The van der Waals surface area contributed by atoms with E-state index < -0.39 is 0 Å². The number of esters is 1. The lowest BCUT2D eigenvalue weighted by Gasteiger charge is -2.41. The summed E-state index contributed by atoms with van der Waals surface area (Å²) in [7, 11) is 1.36. The summed E-state index contributed by atoms with van der Waals surface area (Å²) in [6.45, 7) is 8.97. The van der Waals surface area contributed by atoms with Gasteiger partial charge < -0.3 is 24.6 Å². The number of hydrogen-bond acceptors (Lipinski definition) is 7. The maximum atomic E-state index is 12.5. The first-order valence-electron chi connectivity index (χ1n) is 10.8. The number of carbonyl (C=O) groups excluding carboxylic acids is 2. The molecule has 0 radical (unpaired) electrons. The summed E-state index contributed by atoms with van der Waals surface area (Å²) in [6, 6.07) is 0.743. The smallest absolute Gasteiger partial charge is 0.331 e. The van der Waals surface area contributed by atoms with Crippen molar-refractivity contribution >= 4 is 11.9 Å². The number of piperidine rings is 2. The first kappa shape index (κ1) is 21.5. The fraction of sp³-hybridized carbons (Fsp3) is 0.900. The fourth-order valence-electron chi connectivity index (χ4n) is 4.45. The van der Waals surface area contributed by atoms with E-state index in [1.54, 1.807) is 0 Å². The van der Waals surface area contributed by atoms with Crippen molar-refractivity contribution < 1.29 is 19.1 Å². The van der Waals surface area contributed by atoms with Gasteiger partial charge in [-0.05, 0) is 38.8 Å². The number of rotatable bonds is 7. The van der Waals surface area contributed by atoms with E-state index in [1.807, 2.05) is 4.90 Å². The second-order valence-electron chi connectivity index (χ2n) is 8.08. The van der Waals surface area contributed by atoms with Crippen molar-refractivity contribution in [2.75, 3.05) is 72.6 Å². The van der Waals surface area contributed by atoms with Gasteiger partial charge in [-0.1, -0.05) is 0 Å². The van der Waals surface area contributed by atoms with Crippen LogP contribution in [-0.2, 0) is 19.1 Å². The molecule has 1 N–H and O–H groups in total. The summed E-state index contributed by atoms with van der Waals surface area (Å²) in [5.74, 6) is -0.106. The lowest BCUT2D eigenvalue weighted by atomic mass is 10.0. The molecule has 160 valence electrons. The van der Waals surface area contributed by atoms with Gasteiger partial charge in [0.2, 0.25) is 5.91 Å². The number of methoxy groups -OCH3 is 1. The molecule has 3 saturated heterocycles. The van der Waals surface area contributed by atoms with E-state index in [0.29, 0.717) is 19.5 Å². The molecular weight excluding hydrogens is 360 g/mol. The molecule has 28 heavy (non-hydrogen) atoms. The highest BCUT2D eigenvalue weighted by Gasteiger charge is 2.27. The van der Waals surface area contributed by atoms with Crippen LogP contribution in [0.2, 0.25) is 0 Å². The summed E-state index contributed by atoms with van der Waals surface area (Å²) >= 11 is 0. The van der Waals surface area contributed by atoms with Gasteiger partial charge in [-0.2, -0.15) is 0 Å². The zero-order valence-corrected chi connectivity index (χ0v) is 17.2. The van der Waals surface area contributed by atoms with E-state index in [2.05, 4.69) is 19.9 Å². The molecule has 3 aliphatic heterocycles. The predicted octanol–water partition coefficient (Wildman–Crippen LogP) is -0.0733. The SMILES string of the molecule is COC(=O)COC1CCN(C(=O)CCN2CCN(C3CCNCC3)CC2)CC1. The molecule has 8 heteroatoms. The summed E-state index contributed by atoms with van der Waals surface area (Å²) in [4.78, 5) is 30.7. The number of nitrogens with one attached hydrogen (secondary N) is 1. The molecule has 0 bridgehead atoms. The fourth-order valence-corrected chi connectivity index (χ4v) is 4.45. The number of nitrogens with zero attached hydrogens (tertiary/aromatic N) is 3. The molecule has 0 aromatic rings. The van der Waals surface area contributed by atoms with Gasteiger partial charge in [0.05, 0.1) is 13.2 Å². The Morgan fingerprint density at radius 1 is 0.964 bits per heavy atom. The highest BCUT2D eigenvalue weighted by atomic mass is 16.6. The van der Waals surface area contributed by atoms with Crippen LogP contribution in [0.25, 0.3) is 0 Å². The Morgan fingerprint density at radius 2 is 1.64 bits per heavy atom. The summed E-state index contributed by atoms with van der Waals surface area (Å²) in [5.41, 5.74) is 0. The molecule has 0 unspecified atom stereocenters. The van der Waals surface area contributed by atoms with Gasteiger partial charge in [-0.25, -0.2) is 4.79 Å². The van der Waals surface area contributed by atoms with Gasteiger partial charge in [0.25, 0.3) is 0 Å². The molecule has 8 nitrogen and oxygen atoms in total. The minimum absolute atomic E-state index is 0.00153. The Balaban J connectivity index is 1.28. The highest BCUT2D eigenvalue weighted by Crippen LogP contribution is 2.16. The van der Waals surface area contributed by atoms with E-state index in [-0.39, 0.29) is 24.6 Å². The van der Waals surface area contributed by atoms with Gasteiger partial charge >= 0.3 is 5.97 Å². The van der Waals surface area contributed by atoms with Crippen molar-refractivity contribution in [3.63, 3.8) is 0 Å². The van der Waals surface area contributed by atoms with Crippen LogP contribution < -0.4 is 5.32 Å². The molecule has 0 aromatic heterocycles. The third-order valence-corrected chi connectivity index (χ3v) is 6.33. The van der Waals surface area contributed by atoms with Crippen LogP contribution in [0.15, 0.2) is 0 Å². The van der Waals surface area contributed by atoms with Gasteiger partial charge in [0.15, 0.2) is 0 Å². The Labute approximate surface area is 168 Å². The molecule has 3 rings (SSSR count). The van der Waals surface area contributed by atoms with Gasteiger partial charge in [0.1, 0.15) is 6.61 Å². The Bertz CT molecular complexity index is 496. The third-order valence-electron chi connectivity index (χ3n) is 6.33. The number of carbonyl (C=O) groups is 2. The molecule has 3 heterocycles. The van der Waals surface area contributed by atoms with E-state index in [0.717, 1.165) is 64.7 Å². The van der Waals surface area contributed by atoms with Crippen LogP contribution in [0.5, 0.6) is 0 Å². The molecule has 1 amide bonds. The van der Waals surface area contributed by atoms with Crippen molar-refractivity contribution in [2.45, 2.75) is 44.2 Å². The average molecular weight is 397 g/mol. The minimum Gasteiger partial charge on any atom is -0.467 e. The number of piperazine rings is 1. The predicted molar refractivity (Wildman–Crippen MR) is 106 cm³/mol. The van der Waals surface area contributed by atoms with Crippen molar-refractivity contribution in [3.05, 3.63) is 0 Å². The van der Waals surface area contributed by atoms with E-state index in [9.17, 15) is 9.59 Å². The second kappa shape index (κ2) is 11.1. The highest BCUT2D eigenvalue weighted by molar-refractivity contribution is 5.76. The number of ether oxygens (including phenoxy) is 2. The summed E-state index contributed by atoms with van der Waals surface area (Å²) in [6.07, 6.45) is 4.75. The molecule has 0 spiro atoms. The molecule has 3 fully saturated rings. The molecule has 0 atom stereocenters. The van der Waals surface area contributed by atoms with Gasteiger partial charge in [0, 0.05) is 58.3 Å². The molecule has 0 saturated carbocycles. The zero-order valence-electron chi connectivity index (χ0n) is 17.2. The number of amides is 1. The van der Waals surface area contributed by atoms with Crippen LogP contribution in [0.3, 0.4) is 0 Å². The number of likely N-dealkylation sites (tertiary alicyclic amines) is 1. The van der Waals surface area contributed by atoms with Crippen LogP contribution in [-0.4, -0.2) is 111 Å². The first-order valence-corrected chi connectivity index (χ1v) is 10.8. The quantitative estimate of drug-likeness (QED) is 0.604. The van der Waals surface area contributed by atoms with Crippen LogP contribution in [0.4, 0.5) is 0 Å². The van der Waals surface area contributed by atoms with Crippen molar-refractivity contribution in [1.82, 2.24) is 20.0 Å². The lowest BCUT2D eigenvalue weighted by molar-refractivity contribution is -0.150. The number of hydrogen-bond donors (Lipinski definition) is 1. The maximum absolute atomic E-state index is 12.5. The third kappa shape index (κ3) is 6.40. The normalized spacial score (nSPS) is 23.7. The van der Waals surface area contributed by atoms with E-state index >= 15 is 0 Å². The monoisotopic (exact) mass is 396 g/mol. The van der Waals surface area contributed by atoms with Crippen molar-refractivity contribution in [3.8, 4) is 0 Å². The Morgan fingerprint density at radius 3 is 2.29 bits per heavy atom. The zero-order chi connectivity index (χ0) is 19.8. The summed E-state index contributed by atoms with van der Waals surface area (Å²) in [5, 5.41) is 3.44. The van der Waals surface area contributed by atoms with Crippen LogP contribution >= 0.6 is 0 Å². The topological polar surface area (TPSA) is 74.4 Å². The Hall–Kier alpha value is -1.22. The molecule has 0 aliphatic carbocycles. The van der Waals surface area contributed by atoms with Crippen LogP contribution in [0, 0.1) is 0 Å². The molecular formula is C20H36N4O4. The lowest BCUT2D eigenvalue weighted by Crippen LogP contribution is -2.53. The largest absolute Gasteiger partial charge is 0.467 e. The molecule has 3 aliphatic rings. The van der Waals surface area contributed by atoms with Crippen LogP contribution in [0.1, 0.15) is 32.1 Å². The first-order chi connectivity index (χ1) is 13.7. The summed E-state index contributed by atoms with van der Waals surface area (Å²) < 4.78 is 10.1. The van der Waals surface area contributed by atoms with E-state index in [4.69, 9.17) is 4.74 Å². The van der Waals surface area contributed by atoms with Crippen molar-refractivity contribution in [1.29, 1.82) is 0 Å². The standard InChI is InChI=1S/C20H36N4O4/c1-27-20(26)16-28-18-4-10-24(11-5-18)19(25)6-9-22-12-14-23(15-13-22)17-2-7-21-8-3-17/h17-18,21H,2-16H2,1H3. The van der Waals surface area contributed by atoms with Gasteiger partial charge in [-0.3, -0.25) is 9.69 Å². The maximum Gasteiger partial charge on any atom is 0.331 e. The van der Waals surface area contributed by atoms with Crippen molar-refractivity contribution in [2.24, 2.45) is 0 Å². The Kier molecular flexibility index (Phi) is 8.51. The van der Waals surface area contributed by atoms with Gasteiger partial charge in [-0.15, -0.1) is 0 Å². The van der Waals surface area contributed by atoms with E-state index in [1.165, 1.54) is 20.0 Å². The average Bonchev–Trinajstić information content (AvgIpc) is 2.77.